The monoisotopic (exact) mass is 375 g/mol. The Morgan fingerprint density at radius 3 is 2.79 bits per heavy atom. The Morgan fingerprint density at radius 2 is 1.96 bits per heavy atom. The number of piperidine rings is 1. The van der Waals surface area contributed by atoms with Gasteiger partial charge in [-0.3, -0.25) is 4.79 Å². The van der Waals surface area contributed by atoms with Crippen LogP contribution in [0.25, 0.3) is 6.08 Å². The Morgan fingerprint density at radius 1 is 1.14 bits per heavy atom. The number of aliphatic hydroxyl groups is 1. The number of fused-ring (bicyclic) bond motifs is 1. The predicted octanol–water partition coefficient (Wildman–Crippen LogP) is 4.27. The molecular weight excluding hydrogens is 346 g/mol. The molecule has 2 aromatic carbocycles. The molecule has 1 fully saturated rings. The minimum absolute atomic E-state index is 0.111. The van der Waals surface area contributed by atoms with Crippen LogP contribution in [-0.4, -0.2) is 30.1 Å². The maximum Gasteiger partial charge on any atom is 0.160 e. The van der Waals surface area contributed by atoms with Crippen LogP contribution in [0.1, 0.15) is 47.1 Å². The first-order chi connectivity index (χ1) is 13.6. The number of rotatable bonds is 5. The van der Waals surface area contributed by atoms with Crippen molar-refractivity contribution in [3.8, 4) is 0 Å². The van der Waals surface area contributed by atoms with Crippen LogP contribution in [-0.2, 0) is 24.1 Å². The van der Waals surface area contributed by atoms with Gasteiger partial charge in [0.2, 0.25) is 0 Å². The molecular formula is C25H29NO2. The van der Waals surface area contributed by atoms with Crippen molar-refractivity contribution in [3.05, 3.63) is 70.3 Å². The first kappa shape index (κ1) is 18.9. The molecule has 28 heavy (non-hydrogen) atoms. The van der Waals surface area contributed by atoms with E-state index in [2.05, 4.69) is 36.1 Å². The lowest BCUT2D eigenvalue weighted by molar-refractivity contribution is -0.113. The van der Waals surface area contributed by atoms with Gasteiger partial charge in [-0.25, -0.2) is 0 Å². The molecule has 0 spiro atoms. The number of nitrogens with zero attached hydrogens (tertiary/aromatic N) is 1. The van der Waals surface area contributed by atoms with E-state index >= 15 is 0 Å². The molecule has 3 heteroatoms. The average molecular weight is 376 g/mol. The van der Waals surface area contributed by atoms with Crippen LogP contribution in [0.2, 0.25) is 0 Å². The van der Waals surface area contributed by atoms with Gasteiger partial charge in [0.25, 0.3) is 0 Å². The SMILES string of the molecule is Cc1ccc(/C=C/C(=O)Cc2cccc3c2C[C@H](O)C3)c(N2CCCCC2)c1. The number of carbonyl (C=O) groups excluding carboxylic acids is 1. The summed E-state index contributed by atoms with van der Waals surface area (Å²) in [4.78, 5) is 15.1. The molecule has 1 saturated heterocycles. The highest BCUT2D eigenvalue weighted by Crippen LogP contribution is 2.28. The Bertz CT molecular complexity index is 893. The number of carbonyl (C=O) groups is 1. The lowest BCUT2D eigenvalue weighted by Gasteiger charge is -2.30. The molecule has 1 N–H and O–H groups in total. The fourth-order valence-corrected chi connectivity index (χ4v) is 4.50. The van der Waals surface area contributed by atoms with Crippen molar-refractivity contribution in [3.63, 3.8) is 0 Å². The summed E-state index contributed by atoms with van der Waals surface area (Å²) in [7, 11) is 0. The van der Waals surface area contributed by atoms with E-state index in [0.717, 1.165) is 24.2 Å². The smallest absolute Gasteiger partial charge is 0.160 e. The second-order valence-corrected chi connectivity index (χ2v) is 8.20. The molecule has 1 aliphatic heterocycles. The van der Waals surface area contributed by atoms with E-state index in [1.54, 1.807) is 6.08 Å². The van der Waals surface area contributed by atoms with Crippen molar-refractivity contribution < 1.29 is 9.90 Å². The van der Waals surface area contributed by atoms with Gasteiger partial charge in [-0.05, 0) is 85.1 Å². The molecule has 2 aliphatic rings. The summed E-state index contributed by atoms with van der Waals surface area (Å²) >= 11 is 0. The molecule has 0 radical (unpaired) electrons. The van der Waals surface area contributed by atoms with Gasteiger partial charge in [-0.2, -0.15) is 0 Å². The first-order valence-electron chi connectivity index (χ1n) is 10.4. The van der Waals surface area contributed by atoms with Crippen LogP contribution in [0, 0.1) is 6.92 Å². The number of hydrogen-bond donors (Lipinski definition) is 1. The van der Waals surface area contributed by atoms with Crippen LogP contribution in [0.3, 0.4) is 0 Å². The average Bonchev–Trinajstić information content (AvgIpc) is 3.09. The van der Waals surface area contributed by atoms with E-state index in [0.29, 0.717) is 19.3 Å². The van der Waals surface area contributed by atoms with Crippen LogP contribution in [0.5, 0.6) is 0 Å². The summed E-state index contributed by atoms with van der Waals surface area (Å²) < 4.78 is 0. The van der Waals surface area contributed by atoms with E-state index in [-0.39, 0.29) is 11.9 Å². The highest BCUT2D eigenvalue weighted by atomic mass is 16.3. The largest absolute Gasteiger partial charge is 0.392 e. The number of anilines is 1. The Kier molecular flexibility index (Phi) is 5.63. The van der Waals surface area contributed by atoms with Gasteiger partial charge < -0.3 is 10.0 Å². The molecule has 0 saturated carbocycles. The first-order valence-corrected chi connectivity index (χ1v) is 10.4. The zero-order valence-electron chi connectivity index (χ0n) is 16.7. The second kappa shape index (κ2) is 8.32. The minimum Gasteiger partial charge on any atom is -0.392 e. The third kappa shape index (κ3) is 4.20. The van der Waals surface area contributed by atoms with Crippen LogP contribution >= 0.6 is 0 Å². The highest BCUT2D eigenvalue weighted by molar-refractivity contribution is 5.96. The fourth-order valence-electron chi connectivity index (χ4n) is 4.50. The highest BCUT2D eigenvalue weighted by Gasteiger charge is 2.22. The van der Waals surface area contributed by atoms with Gasteiger partial charge in [0.15, 0.2) is 5.78 Å². The molecule has 2 aromatic rings. The van der Waals surface area contributed by atoms with E-state index < -0.39 is 0 Å². The Hall–Kier alpha value is -2.39. The van der Waals surface area contributed by atoms with Gasteiger partial charge in [0, 0.05) is 25.2 Å². The van der Waals surface area contributed by atoms with Gasteiger partial charge in [-0.1, -0.05) is 30.3 Å². The van der Waals surface area contributed by atoms with Crippen molar-refractivity contribution in [2.75, 3.05) is 18.0 Å². The molecule has 0 amide bonds. The summed E-state index contributed by atoms with van der Waals surface area (Å²) in [5, 5.41) is 9.93. The summed E-state index contributed by atoms with van der Waals surface area (Å²) in [5.74, 6) is 0.111. The van der Waals surface area contributed by atoms with E-state index in [1.165, 1.54) is 41.6 Å². The summed E-state index contributed by atoms with van der Waals surface area (Å²) in [6, 6.07) is 12.6. The lowest BCUT2D eigenvalue weighted by atomic mass is 9.98. The zero-order valence-corrected chi connectivity index (χ0v) is 16.7. The molecule has 1 heterocycles. The summed E-state index contributed by atoms with van der Waals surface area (Å²) in [6.07, 6.45) is 8.95. The zero-order chi connectivity index (χ0) is 19.5. The lowest BCUT2D eigenvalue weighted by Crippen LogP contribution is -2.30. The normalized spacial score (nSPS) is 19.2. The second-order valence-electron chi connectivity index (χ2n) is 8.20. The molecule has 146 valence electrons. The molecule has 0 bridgehead atoms. The van der Waals surface area contributed by atoms with Gasteiger partial charge >= 0.3 is 0 Å². The Balaban J connectivity index is 1.51. The molecule has 4 rings (SSSR count). The van der Waals surface area contributed by atoms with Crippen LogP contribution < -0.4 is 4.90 Å². The van der Waals surface area contributed by atoms with Crippen LogP contribution in [0.15, 0.2) is 42.5 Å². The molecule has 0 aromatic heterocycles. The van der Waals surface area contributed by atoms with Gasteiger partial charge in [-0.15, -0.1) is 0 Å². The topological polar surface area (TPSA) is 40.5 Å². The van der Waals surface area contributed by atoms with Crippen LogP contribution in [0.4, 0.5) is 5.69 Å². The van der Waals surface area contributed by atoms with E-state index in [1.807, 2.05) is 18.2 Å². The van der Waals surface area contributed by atoms with Gasteiger partial charge in [0.05, 0.1) is 6.10 Å². The maximum atomic E-state index is 12.7. The van der Waals surface area contributed by atoms with Crippen molar-refractivity contribution in [1.29, 1.82) is 0 Å². The van der Waals surface area contributed by atoms with E-state index in [4.69, 9.17) is 0 Å². The number of aryl methyl sites for hydroxylation is 1. The molecule has 1 atom stereocenters. The minimum atomic E-state index is -0.304. The number of hydrogen-bond acceptors (Lipinski definition) is 3. The number of ketones is 1. The van der Waals surface area contributed by atoms with E-state index in [9.17, 15) is 9.90 Å². The molecule has 0 unspecified atom stereocenters. The summed E-state index contributed by atoms with van der Waals surface area (Å²) in [6.45, 7) is 4.31. The van der Waals surface area contributed by atoms with Crippen molar-refractivity contribution in [1.82, 2.24) is 0 Å². The number of benzene rings is 2. The fraction of sp³-hybridized carbons (Fsp3) is 0.400. The van der Waals surface area contributed by atoms with Gasteiger partial charge in [0.1, 0.15) is 0 Å². The number of aliphatic hydroxyl groups excluding tert-OH is 1. The Labute approximate surface area is 167 Å². The molecule has 3 nitrogen and oxygen atoms in total. The summed E-state index contributed by atoms with van der Waals surface area (Å²) in [5.41, 5.74) is 7.03. The maximum absolute atomic E-state index is 12.7. The molecule has 1 aliphatic carbocycles. The third-order valence-electron chi connectivity index (χ3n) is 5.96. The number of allylic oxidation sites excluding steroid dienone is 1. The van der Waals surface area contributed by atoms with Crippen molar-refractivity contribution >= 4 is 17.5 Å². The predicted molar refractivity (Wildman–Crippen MR) is 115 cm³/mol. The third-order valence-corrected chi connectivity index (χ3v) is 5.96. The standard InChI is InChI=1S/C25H29NO2/c1-18-8-9-19(25(14-18)26-12-3-2-4-13-26)10-11-22(27)15-20-6-5-7-21-16-23(28)17-24(20)21/h5-11,14,23,28H,2-4,12-13,15-17H2,1H3/b11-10+/t23-/m1/s1. The quantitative estimate of drug-likeness (QED) is 0.794. The van der Waals surface area contributed by atoms with Crippen molar-refractivity contribution in [2.45, 2.75) is 51.6 Å². The van der Waals surface area contributed by atoms with Crippen molar-refractivity contribution in [2.24, 2.45) is 0 Å².